The highest BCUT2D eigenvalue weighted by molar-refractivity contribution is 5.57. The average molecular weight is 214 g/mol. The average Bonchev–Trinajstić information content (AvgIpc) is 2.79. The van der Waals surface area contributed by atoms with E-state index in [1.165, 1.54) is 19.3 Å². The van der Waals surface area contributed by atoms with Gasteiger partial charge in [0.2, 0.25) is 0 Å². The Morgan fingerprint density at radius 3 is 2.50 bits per heavy atom. The Bertz CT molecular complexity index is 414. The van der Waals surface area contributed by atoms with E-state index in [0.29, 0.717) is 0 Å². The summed E-state index contributed by atoms with van der Waals surface area (Å²) in [4.78, 5) is 0. The highest BCUT2D eigenvalue weighted by atomic mass is 16.3. The quantitative estimate of drug-likeness (QED) is 0.659. The minimum atomic E-state index is 0.979. The van der Waals surface area contributed by atoms with E-state index < -0.39 is 0 Å². The van der Waals surface area contributed by atoms with Gasteiger partial charge in [0.05, 0.1) is 0 Å². The molecular formula is C15H18O. The Kier molecular flexibility index (Phi) is 3.81. The number of furan rings is 1. The number of hydrogen-bond donors (Lipinski definition) is 0. The number of rotatable bonds is 5. The first kappa shape index (κ1) is 11.0. The Morgan fingerprint density at radius 1 is 0.938 bits per heavy atom. The lowest BCUT2D eigenvalue weighted by molar-refractivity contribution is 0.508. The van der Waals surface area contributed by atoms with Crippen molar-refractivity contribution in [2.24, 2.45) is 0 Å². The third-order valence-electron chi connectivity index (χ3n) is 2.75. The smallest absolute Gasteiger partial charge is 0.134 e. The molecule has 1 heterocycles. The molecular weight excluding hydrogens is 196 g/mol. The van der Waals surface area contributed by atoms with E-state index in [2.05, 4.69) is 31.2 Å². The molecule has 0 atom stereocenters. The molecule has 0 bridgehead atoms. The first-order chi connectivity index (χ1) is 7.90. The van der Waals surface area contributed by atoms with Gasteiger partial charge in [-0.1, -0.05) is 50.1 Å². The molecule has 16 heavy (non-hydrogen) atoms. The molecule has 1 aromatic carbocycles. The molecule has 0 aliphatic heterocycles. The molecule has 0 N–H and O–H groups in total. The second-order valence-corrected chi connectivity index (χ2v) is 4.09. The van der Waals surface area contributed by atoms with Crippen molar-refractivity contribution in [3.8, 4) is 11.3 Å². The fraction of sp³-hybridized carbons (Fsp3) is 0.333. The van der Waals surface area contributed by atoms with E-state index in [0.717, 1.165) is 23.5 Å². The lowest BCUT2D eigenvalue weighted by Crippen LogP contribution is -1.80. The standard InChI is InChI=1S/C15H18O/c1-2-3-5-10-14-11-12-15(16-14)13-8-6-4-7-9-13/h4,6-9,11-12H,2-3,5,10H2,1H3. The summed E-state index contributed by atoms with van der Waals surface area (Å²) in [6, 6.07) is 14.4. The van der Waals surface area contributed by atoms with Crippen LogP contribution in [0.3, 0.4) is 0 Å². The van der Waals surface area contributed by atoms with Crippen LogP contribution in [0, 0.1) is 0 Å². The van der Waals surface area contributed by atoms with E-state index in [1.807, 2.05) is 18.2 Å². The lowest BCUT2D eigenvalue weighted by Gasteiger charge is -1.97. The first-order valence-corrected chi connectivity index (χ1v) is 6.04. The van der Waals surface area contributed by atoms with Crippen LogP contribution in [0.1, 0.15) is 31.9 Å². The van der Waals surface area contributed by atoms with Gasteiger partial charge in [0.25, 0.3) is 0 Å². The predicted octanol–water partition coefficient (Wildman–Crippen LogP) is 4.68. The zero-order chi connectivity index (χ0) is 11.2. The fourth-order valence-electron chi connectivity index (χ4n) is 1.82. The molecule has 1 aromatic heterocycles. The third kappa shape index (κ3) is 2.75. The molecule has 1 heteroatoms. The van der Waals surface area contributed by atoms with E-state index >= 15 is 0 Å². The van der Waals surface area contributed by atoms with Gasteiger partial charge in [-0.25, -0.2) is 0 Å². The van der Waals surface area contributed by atoms with Crippen LogP contribution in [-0.4, -0.2) is 0 Å². The van der Waals surface area contributed by atoms with Crippen LogP contribution in [0.5, 0.6) is 0 Å². The lowest BCUT2D eigenvalue weighted by atomic mass is 10.2. The van der Waals surface area contributed by atoms with Gasteiger partial charge >= 0.3 is 0 Å². The van der Waals surface area contributed by atoms with Crippen LogP contribution in [0.15, 0.2) is 46.9 Å². The van der Waals surface area contributed by atoms with Gasteiger partial charge < -0.3 is 4.42 Å². The van der Waals surface area contributed by atoms with Crippen molar-refractivity contribution in [2.45, 2.75) is 32.6 Å². The zero-order valence-electron chi connectivity index (χ0n) is 9.78. The van der Waals surface area contributed by atoms with E-state index in [-0.39, 0.29) is 0 Å². The maximum atomic E-state index is 5.82. The topological polar surface area (TPSA) is 13.1 Å². The largest absolute Gasteiger partial charge is 0.461 e. The molecule has 0 aliphatic rings. The molecule has 2 aromatic rings. The number of unbranched alkanes of at least 4 members (excludes halogenated alkanes) is 2. The maximum Gasteiger partial charge on any atom is 0.134 e. The first-order valence-electron chi connectivity index (χ1n) is 6.04. The predicted molar refractivity (Wildman–Crippen MR) is 67.4 cm³/mol. The zero-order valence-corrected chi connectivity index (χ0v) is 9.78. The van der Waals surface area contributed by atoms with Gasteiger partial charge in [-0.15, -0.1) is 0 Å². The van der Waals surface area contributed by atoms with Crippen LogP contribution >= 0.6 is 0 Å². The Balaban J connectivity index is 2.02. The molecule has 0 unspecified atom stereocenters. The summed E-state index contributed by atoms with van der Waals surface area (Å²) in [5, 5.41) is 0. The Labute approximate surface area is 97.1 Å². The van der Waals surface area contributed by atoms with Crippen LogP contribution in [0.2, 0.25) is 0 Å². The van der Waals surface area contributed by atoms with Gasteiger partial charge in [-0.2, -0.15) is 0 Å². The molecule has 0 saturated heterocycles. The molecule has 2 rings (SSSR count). The van der Waals surface area contributed by atoms with Crippen molar-refractivity contribution in [1.29, 1.82) is 0 Å². The van der Waals surface area contributed by atoms with Gasteiger partial charge in [0.1, 0.15) is 11.5 Å². The maximum absolute atomic E-state index is 5.82. The van der Waals surface area contributed by atoms with Crippen LogP contribution in [0.25, 0.3) is 11.3 Å². The van der Waals surface area contributed by atoms with Crippen molar-refractivity contribution in [3.63, 3.8) is 0 Å². The normalized spacial score (nSPS) is 10.6. The van der Waals surface area contributed by atoms with Crippen molar-refractivity contribution < 1.29 is 4.42 Å². The Hall–Kier alpha value is -1.50. The van der Waals surface area contributed by atoms with Gasteiger partial charge in [-0.3, -0.25) is 0 Å². The van der Waals surface area contributed by atoms with Crippen molar-refractivity contribution in [3.05, 3.63) is 48.2 Å². The van der Waals surface area contributed by atoms with E-state index in [9.17, 15) is 0 Å². The van der Waals surface area contributed by atoms with Gasteiger partial charge in [0.15, 0.2) is 0 Å². The van der Waals surface area contributed by atoms with Crippen LogP contribution in [0.4, 0.5) is 0 Å². The number of aryl methyl sites for hydroxylation is 1. The molecule has 84 valence electrons. The second-order valence-electron chi connectivity index (χ2n) is 4.09. The summed E-state index contributed by atoms with van der Waals surface area (Å²) >= 11 is 0. The van der Waals surface area contributed by atoms with E-state index in [4.69, 9.17) is 4.42 Å². The molecule has 0 saturated carbocycles. The third-order valence-corrected chi connectivity index (χ3v) is 2.75. The van der Waals surface area contributed by atoms with Crippen LogP contribution < -0.4 is 0 Å². The molecule has 1 nitrogen and oxygen atoms in total. The van der Waals surface area contributed by atoms with Crippen molar-refractivity contribution >= 4 is 0 Å². The molecule has 0 spiro atoms. The Morgan fingerprint density at radius 2 is 1.75 bits per heavy atom. The minimum Gasteiger partial charge on any atom is -0.461 e. The van der Waals surface area contributed by atoms with Gasteiger partial charge in [0, 0.05) is 12.0 Å². The molecule has 0 amide bonds. The highest BCUT2D eigenvalue weighted by Crippen LogP contribution is 2.22. The molecule has 0 fully saturated rings. The summed E-state index contributed by atoms with van der Waals surface area (Å²) in [5.41, 5.74) is 1.16. The number of benzene rings is 1. The summed E-state index contributed by atoms with van der Waals surface area (Å²) in [6.07, 6.45) is 4.81. The SMILES string of the molecule is CCCCCc1ccc(-c2ccccc2)o1. The molecule has 0 aliphatic carbocycles. The van der Waals surface area contributed by atoms with Crippen molar-refractivity contribution in [1.82, 2.24) is 0 Å². The summed E-state index contributed by atoms with van der Waals surface area (Å²) in [7, 11) is 0. The fourth-order valence-corrected chi connectivity index (χ4v) is 1.82. The van der Waals surface area contributed by atoms with Crippen molar-refractivity contribution in [2.75, 3.05) is 0 Å². The summed E-state index contributed by atoms with van der Waals surface area (Å²) < 4.78 is 5.82. The summed E-state index contributed by atoms with van der Waals surface area (Å²) in [5.74, 6) is 2.08. The van der Waals surface area contributed by atoms with Crippen LogP contribution in [-0.2, 0) is 6.42 Å². The monoisotopic (exact) mass is 214 g/mol. The van der Waals surface area contributed by atoms with Gasteiger partial charge in [-0.05, 0) is 18.6 Å². The second kappa shape index (κ2) is 5.55. The molecule has 0 radical (unpaired) electrons. The highest BCUT2D eigenvalue weighted by Gasteiger charge is 2.03. The summed E-state index contributed by atoms with van der Waals surface area (Å²) in [6.45, 7) is 2.22. The number of hydrogen-bond acceptors (Lipinski definition) is 1. The minimum absolute atomic E-state index is 0.979. The van der Waals surface area contributed by atoms with E-state index in [1.54, 1.807) is 0 Å².